The van der Waals surface area contributed by atoms with Crippen LogP contribution in [-0.4, -0.2) is 33.9 Å². The molecule has 98 valence electrons. The number of piperidine rings is 1. The summed E-state index contributed by atoms with van der Waals surface area (Å²) in [5.74, 6) is 0.666. The van der Waals surface area contributed by atoms with Crippen molar-refractivity contribution in [2.45, 2.75) is 24.9 Å². The van der Waals surface area contributed by atoms with Crippen LogP contribution in [0.1, 0.15) is 23.3 Å². The highest BCUT2D eigenvalue weighted by molar-refractivity contribution is 5.93. The first-order chi connectivity index (χ1) is 9.29. The van der Waals surface area contributed by atoms with Gasteiger partial charge in [0.2, 0.25) is 0 Å². The second-order valence-corrected chi connectivity index (χ2v) is 5.55. The van der Waals surface area contributed by atoms with E-state index in [1.54, 1.807) is 6.33 Å². The van der Waals surface area contributed by atoms with E-state index in [0.717, 1.165) is 24.4 Å². The smallest absolute Gasteiger partial charge is 0.270 e. The fraction of sp³-hybridized carbons (Fsp3) is 0.429. The van der Waals surface area contributed by atoms with Crippen LogP contribution in [0.25, 0.3) is 5.52 Å². The zero-order valence-corrected chi connectivity index (χ0v) is 10.5. The number of carbonyl (C=O) groups excluding carboxylic acids is 1. The predicted octanol–water partition coefficient (Wildman–Crippen LogP) is 0.814. The zero-order valence-electron chi connectivity index (χ0n) is 10.5. The molecule has 5 heteroatoms. The third kappa shape index (κ3) is 1.81. The minimum absolute atomic E-state index is 0.0666. The van der Waals surface area contributed by atoms with E-state index in [1.165, 1.54) is 6.42 Å². The van der Waals surface area contributed by atoms with Gasteiger partial charge in [0.15, 0.2) is 0 Å². The Labute approximate surface area is 111 Å². The van der Waals surface area contributed by atoms with Crippen LogP contribution in [0.4, 0.5) is 0 Å². The fourth-order valence-corrected chi connectivity index (χ4v) is 3.32. The van der Waals surface area contributed by atoms with Crippen LogP contribution in [0.2, 0.25) is 0 Å². The summed E-state index contributed by atoms with van der Waals surface area (Å²) in [6.45, 7) is 1.10. The molecule has 1 saturated carbocycles. The Morgan fingerprint density at radius 3 is 3.21 bits per heavy atom. The first-order valence-electron chi connectivity index (χ1n) is 6.76. The number of hydrogen-bond donors (Lipinski definition) is 2. The second-order valence-electron chi connectivity index (χ2n) is 5.55. The average Bonchev–Trinajstić information content (AvgIpc) is 3.13. The molecule has 0 spiro atoms. The van der Waals surface area contributed by atoms with Crippen molar-refractivity contribution < 1.29 is 4.79 Å². The molecule has 2 fully saturated rings. The SMILES string of the molecule is O=C(N[C@H]1C[C@H]2CN[C@@H]1C2)c1cc2cccn2cn1. The standard InChI is InChI=1S/C14H16N4O/c19-14(17-12-5-9-4-11(12)15-7-9)13-6-10-2-1-3-18(10)8-16-13/h1-3,6,8-9,11-12,15H,4-5,7H2,(H,17,19)/t9-,11+,12-/m0/s1. The van der Waals surface area contributed by atoms with E-state index in [2.05, 4.69) is 15.6 Å². The van der Waals surface area contributed by atoms with Gasteiger partial charge >= 0.3 is 0 Å². The van der Waals surface area contributed by atoms with Gasteiger partial charge in [0.25, 0.3) is 5.91 Å². The van der Waals surface area contributed by atoms with Crippen LogP contribution >= 0.6 is 0 Å². The van der Waals surface area contributed by atoms with Gasteiger partial charge in [0.1, 0.15) is 5.69 Å². The number of hydrogen-bond acceptors (Lipinski definition) is 3. The van der Waals surface area contributed by atoms with Crippen LogP contribution in [-0.2, 0) is 0 Å². The molecule has 1 saturated heterocycles. The highest BCUT2D eigenvalue weighted by Gasteiger charge is 2.40. The van der Waals surface area contributed by atoms with Crippen molar-refractivity contribution in [1.29, 1.82) is 0 Å². The van der Waals surface area contributed by atoms with Crippen LogP contribution < -0.4 is 10.6 Å². The van der Waals surface area contributed by atoms with Gasteiger partial charge in [0, 0.05) is 23.8 Å². The third-order valence-electron chi connectivity index (χ3n) is 4.30. The van der Waals surface area contributed by atoms with E-state index < -0.39 is 0 Å². The molecule has 2 aliphatic rings. The molecule has 1 aliphatic carbocycles. The number of fused-ring (bicyclic) bond motifs is 3. The molecule has 4 rings (SSSR count). The minimum Gasteiger partial charge on any atom is -0.346 e. The van der Waals surface area contributed by atoms with Gasteiger partial charge in [0.05, 0.1) is 6.33 Å². The van der Waals surface area contributed by atoms with Gasteiger partial charge in [-0.25, -0.2) is 4.98 Å². The topological polar surface area (TPSA) is 58.4 Å². The van der Waals surface area contributed by atoms with Crippen molar-refractivity contribution in [2.24, 2.45) is 5.92 Å². The highest BCUT2D eigenvalue weighted by Crippen LogP contribution is 2.31. The minimum atomic E-state index is -0.0666. The Morgan fingerprint density at radius 1 is 1.47 bits per heavy atom. The zero-order chi connectivity index (χ0) is 12.8. The van der Waals surface area contributed by atoms with E-state index >= 15 is 0 Å². The Morgan fingerprint density at radius 2 is 2.42 bits per heavy atom. The van der Waals surface area contributed by atoms with Crippen molar-refractivity contribution in [3.8, 4) is 0 Å². The van der Waals surface area contributed by atoms with Crippen LogP contribution in [0.3, 0.4) is 0 Å². The van der Waals surface area contributed by atoms with Gasteiger partial charge in [-0.1, -0.05) is 0 Å². The number of aromatic nitrogens is 2. The number of carbonyl (C=O) groups is 1. The van der Waals surface area contributed by atoms with Crippen LogP contribution in [0.5, 0.6) is 0 Å². The molecule has 2 aromatic heterocycles. The lowest BCUT2D eigenvalue weighted by Crippen LogP contribution is -2.48. The largest absolute Gasteiger partial charge is 0.346 e. The summed E-state index contributed by atoms with van der Waals surface area (Å²) in [6, 6.07) is 6.45. The molecule has 5 nitrogen and oxygen atoms in total. The van der Waals surface area contributed by atoms with Crippen molar-refractivity contribution in [1.82, 2.24) is 20.0 Å². The molecule has 2 N–H and O–H groups in total. The van der Waals surface area contributed by atoms with Gasteiger partial charge < -0.3 is 15.0 Å². The molecule has 19 heavy (non-hydrogen) atoms. The van der Waals surface area contributed by atoms with Gasteiger partial charge in [-0.3, -0.25) is 4.79 Å². The van der Waals surface area contributed by atoms with Crippen molar-refractivity contribution in [3.63, 3.8) is 0 Å². The molecular formula is C14H16N4O. The average molecular weight is 256 g/mol. The van der Waals surface area contributed by atoms with E-state index in [1.807, 2.05) is 28.8 Å². The first-order valence-corrected chi connectivity index (χ1v) is 6.76. The fourth-order valence-electron chi connectivity index (χ4n) is 3.32. The highest BCUT2D eigenvalue weighted by atomic mass is 16.2. The van der Waals surface area contributed by atoms with Crippen molar-refractivity contribution in [2.75, 3.05) is 6.54 Å². The summed E-state index contributed by atoms with van der Waals surface area (Å²) in [7, 11) is 0. The van der Waals surface area contributed by atoms with Crippen molar-refractivity contribution >= 4 is 11.4 Å². The third-order valence-corrected chi connectivity index (χ3v) is 4.30. The van der Waals surface area contributed by atoms with E-state index in [0.29, 0.717) is 11.7 Å². The quantitative estimate of drug-likeness (QED) is 0.836. The lowest BCUT2D eigenvalue weighted by molar-refractivity contribution is 0.0923. The van der Waals surface area contributed by atoms with Gasteiger partial charge in [-0.2, -0.15) is 0 Å². The number of nitrogens with one attached hydrogen (secondary N) is 2. The molecular weight excluding hydrogens is 240 g/mol. The van der Waals surface area contributed by atoms with Crippen LogP contribution in [0.15, 0.2) is 30.7 Å². The molecule has 3 atom stereocenters. The summed E-state index contributed by atoms with van der Waals surface area (Å²) in [4.78, 5) is 16.4. The summed E-state index contributed by atoms with van der Waals surface area (Å²) >= 11 is 0. The Balaban J connectivity index is 1.53. The molecule has 0 radical (unpaired) electrons. The van der Waals surface area contributed by atoms with Gasteiger partial charge in [-0.05, 0) is 43.5 Å². The Bertz CT molecular complexity index is 635. The lowest BCUT2D eigenvalue weighted by Gasteiger charge is -2.23. The van der Waals surface area contributed by atoms with E-state index in [4.69, 9.17) is 0 Å². The van der Waals surface area contributed by atoms with Crippen LogP contribution in [0, 0.1) is 5.92 Å². The summed E-state index contributed by atoms with van der Waals surface area (Å²) in [6.07, 6.45) is 5.89. The summed E-state index contributed by atoms with van der Waals surface area (Å²) in [5.41, 5.74) is 1.49. The molecule has 1 aliphatic heterocycles. The maximum Gasteiger partial charge on any atom is 0.270 e. The Hall–Kier alpha value is -1.88. The van der Waals surface area contributed by atoms with Crippen molar-refractivity contribution in [3.05, 3.63) is 36.4 Å². The maximum atomic E-state index is 12.2. The second kappa shape index (κ2) is 4.06. The summed E-state index contributed by atoms with van der Waals surface area (Å²) < 4.78 is 1.90. The summed E-state index contributed by atoms with van der Waals surface area (Å²) in [5, 5.41) is 6.56. The monoisotopic (exact) mass is 256 g/mol. The maximum absolute atomic E-state index is 12.2. The van der Waals surface area contributed by atoms with E-state index in [9.17, 15) is 4.79 Å². The van der Waals surface area contributed by atoms with Gasteiger partial charge in [-0.15, -0.1) is 0 Å². The van der Waals surface area contributed by atoms with E-state index in [-0.39, 0.29) is 11.9 Å². The molecule has 2 bridgehead atoms. The Kier molecular flexibility index (Phi) is 2.35. The number of nitrogens with zero attached hydrogens (tertiary/aromatic N) is 2. The molecule has 2 aromatic rings. The first kappa shape index (κ1) is 11.0. The molecule has 0 aromatic carbocycles. The lowest BCUT2D eigenvalue weighted by atomic mass is 10.1. The molecule has 1 amide bonds. The number of rotatable bonds is 2. The normalized spacial score (nSPS) is 28.9. The predicted molar refractivity (Wildman–Crippen MR) is 71.0 cm³/mol. The molecule has 3 heterocycles. The molecule has 0 unspecified atom stereocenters. The number of amides is 1.